The molecule has 0 heterocycles. The summed E-state index contributed by atoms with van der Waals surface area (Å²) in [6, 6.07) is 15.1. The Kier molecular flexibility index (Phi) is 5.91. The minimum absolute atomic E-state index is 0.169. The topological polar surface area (TPSA) is 64.7 Å². The van der Waals surface area contributed by atoms with Crippen molar-refractivity contribution in [2.75, 3.05) is 25.6 Å². The average Bonchev–Trinajstić information content (AvgIpc) is 2.51. The molecule has 4 heteroatoms. The number of benzene rings is 2. The van der Waals surface area contributed by atoms with Crippen molar-refractivity contribution in [2.24, 2.45) is 0 Å². The van der Waals surface area contributed by atoms with Crippen molar-refractivity contribution >= 4 is 5.69 Å². The molecule has 0 radical (unpaired) electrons. The summed E-state index contributed by atoms with van der Waals surface area (Å²) in [6.07, 6.45) is 1.48. The SMILES string of the molecule is Nc1ccc(OCCCOc2ccc(CCO)cc2)cc1. The van der Waals surface area contributed by atoms with Crippen LogP contribution in [-0.2, 0) is 6.42 Å². The Hall–Kier alpha value is -2.20. The first-order valence-corrected chi connectivity index (χ1v) is 7.09. The van der Waals surface area contributed by atoms with Gasteiger partial charge in [0, 0.05) is 18.7 Å². The van der Waals surface area contributed by atoms with E-state index in [2.05, 4.69) is 0 Å². The fourth-order valence-electron chi connectivity index (χ4n) is 1.88. The zero-order chi connectivity index (χ0) is 14.9. The highest BCUT2D eigenvalue weighted by atomic mass is 16.5. The van der Waals surface area contributed by atoms with E-state index in [0.29, 0.717) is 19.6 Å². The van der Waals surface area contributed by atoms with Gasteiger partial charge < -0.3 is 20.3 Å². The van der Waals surface area contributed by atoms with Crippen LogP contribution in [0.5, 0.6) is 11.5 Å². The molecule has 0 amide bonds. The molecule has 0 atom stereocenters. The van der Waals surface area contributed by atoms with Crippen LogP contribution < -0.4 is 15.2 Å². The molecule has 21 heavy (non-hydrogen) atoms. The molecule has 2 aromatic carbocycles. The van der Waals surface area contributed by atoms with Gasteiger partial charge in [0.2, 0.25) is 0 Å². The minimum Gasteiger partial charge on any atom is -0.493 e. The normalized spacial score (nSPS) is 10.3. The summed E-state index contributed by atoms with van der Waals surface area (Å²) < 4.78 is 11.2. The maximum absolute atomic E-state index is 8.85. The van der Waals surface area contributed by atoms with Crippen molar-refractivity contribution in [3.63, 3.8) is 0 Å². The highest BCUT2D eigenvalue weighted by molar-refractivity contribution is 5.41. The number of aliphatic hydroxyl groups is 1. The maximum atomic E-state index is 8.85. The lowest BCUT2D eigenvalue weighted by atomic mass is 10.1. The third-order valence-corrected chi connectivity index (χ3v) is 3.03. The lowest BCUT2D eigenvalue weighted by Crippen LogP contribution is -2.05. The monoisotopic (exact) mass is 287 g/mol. The molecule has 4 nitrogen and oxygen atoms in total. The Labute approximate surface area is 125 Å². The number of nitrogen functional groups attached to an aromatic ring is 1. The number of rotatable bonds is 8. The fraction of sp³-hybridized carbons (Fsp3) is 0.294. The van der Waals surface area contributed by atoms with Crippen molar-refractivity contribution in [1.29, 1.82) is 0 Å². The number of ether oxygens (including phenoxy) is 2. The van der Waals surface area contributed by atoms with Crippen molar-refractivity contribution < 1.29 is 14.6 Å². The van der Waals surface area contributed by atoms with Gasteiger partial charge in [0.15, 0.2) is 0 Å². The summed E-state index contributed by atoms with van der Waals surface area (Å²) in [6.45, 7) is 1.38. The van der Waals surface area contributed by atoms with Crippen LogP contribution in [0, 0.1) is 0 Å². The van der Waals surface area contributed by atoms with Crippen LogP contribution in [0.2, 0.25) is 0 Å². The molecule has 0 unspecified atom stereocenters. The molecular weight excluding hydrogens is 266 g/mol. The predicted molar refractivity (Wildman–Crippen MR) is 83.7 cm³/mol. The molecule has 0 saturated carbocycles. The van der Waals surface area contributed by atoms with Gasteiger partial charge in [-0.1, -0.05) is 12.1 Å². The molecule has 3 N–H and O–H groups in total. The second-order valence-corrected chi connectivity index (χ2v) is 4.74. The molecule has 0 aromatic heterocycles. The molecule has 0 aliphatic carbocycles. The molecule has 0 bridgehead atoms. The summed E-state index contributed by atoms with van der Waals surface area (Å²) in [5, 5.41) is 8.85. The van der Waals surface area contributed by atoms with Crippen LogP contribution >= 0.6 is 0 Å². The third kappa shape index (κ3) is 5.36. The van der Waals surface area contributed by atoms with Gasteiger partial charge >= 0.3 is 0 Å². The number of hydrogen-bond donors (Lipinski definition) is 2. The van der Waals surface area contributed by atoms with Gasteiger partial charge in [0.05, 0.1) is 13.2 Å². The first-order valence-electron chi connectivity index (χ1n) is 7.09. The summed E-state index contributed by atoms with van der Waals surface area (Å²) in [4.78, 5) is 0. The van der Waals surface area contributed by atoms with E-state index in [1.807, 2.05) is 48.5 Å². The van der Waals surface area contributed by atoms with Gasteiger partial charge in [0.1, 0.15) is 11.5 Å². The van der Waals surface area contributed by atoms with E-state index in [1.165, 1.54) is 0 Å². The van der Waals surface area contributed by atoms with Crippen LogP contribution in [0.3, 0.4) is 0 Å². The van der Waals surface area contributed by atoms with Gasteiger partial charge in [-0.15, -0.1) is 0 Å². The largest absolute Gasteiger partial charge is 0.493 e. The zero-order valence-electron chi connectivity index (χ0n) is 12.0. The van der Waals surface area contributed by atoms with Crippen LogP contribution in [0.15, 0.2) is 48.5 Å². The molecule has 0 aliphatic heterocycles. The van der Waals surface area contributed by atoms with E-state index in [9.17, 15) is 0 Å². The molecule has 0 fully saturated rings. The van der Waals surface area contributed by atoms with Crippen LogP contribution in [-0.4, -0.2) is 24.9 Å². The van der Waals surface area contributed by atoms with E-state index in [1.54, 1.807) is 0 Å². The number of hydrogen-bond acceptors (Lipinski definition) is 4. The second-order valence-electron chi connectivity index (χ2n) is 4.74. The van der Waals surface area contributed by atoms with Crippen molar-refractivity contribution in [3.8, 4) is 11.5 Å². The van der Waals surface area contributed by atoms with E-state index >= 15 is 0 Å². The lowest BCUT2D eigenvalue weighted by molar-refractivity contribution is 0.247. The quantitative estimate of drug-likeness (QED) is 0.578. The Morgan fingerprint density at radius 2 is 1.33 bits per heavy atom. The number of nitrogens with two attached hydrogens (primary N) is 1. The average molecular weight is 287 g/mol. The highest BCUT2D eigenvalue weighted by Gasteiger charge is 1.97. The van der Waals surface area contributed by atoms with Crippen molar-refractivity contribution in [1.82, 2.24) is 0 Å². The van der Waals surface area contributed by atoms with Gasteiger partial charge in [0.25, 0.3) is 0 Å². The van der Waals surface area contributed by atoms with Crippen LogP contribution in [0.25, 0.3) is 0 Å². The predicted octanol–water partition coefficient (Wildman–Crippen LogP) is 2.65. The molecule has 112 valence electrons. The minimum atomic E-state index is 0.169. The summed E-state index contributed by atoms with van der Waals surface area (Å²) in [7, 11) is 0. The van der Waals surface area contributed by atoms with Crippen LogP contribution in [0.1, 0.15) is 12.0 Å². The van der Waals surface area contributed by atoms with E-state index in [-0.39, 0.29) is 6.61 Å². The number of anilines is 1. The molecule has 0 aliphatic rings. The van der Waals surface area contributed by atoms with E-state index < -0.39 is 0 Å². The van der Waals surface area contributed by atoms with Gasteiger partial charge in [-0.3, -0.25) is 0 Å². The first kappa shape index (κ1) is 15.2. The van der Waals surface area contributed by atoms with Crippen LogP contribution in [0.4, 0.5) is 5.69 Å². The fourth-order valence-corrected chi connectivity index (χ4v) is 1.88. The second kappa shape index (κ2) is 8.17. The summed E-state index contributed by atoms with van der Waals surface area (Å²) in [5.74, 6) is 1.65. The van der Waals surface area contributed by atoms with Gasteiger partial charge in [-0.05, 0) is 48.4 Å². The summed E-state index contributed by atoms with van der Waals surface area (Å²) >= 11 is 0. The Morgan fingerprint density at radius 3 is 1.86 bits per heavy atom. The van der Waals surface area contributed by atoms with Gasteiger partial charge in [-0.2, -0.15) is 0 Å². The van der Waals surface area contributed by atoms with Crippen molar-refractivity contribution in [3.05, 3.63) is 54.1 Å². The van der Waals surface area contributed by atoms with Gasteiger partial charge in [-0.25, -0.2) is 0 Å². The highest BCUT2D eigenvalue weighted by Crippen LogP contribution is 2.14. The zero-order valence-corrected chi connectivity index (χ0v) is 12.0. The Bertz CT molecular complexity index is 523. The molecule has 0 spiro atoms. The summed E-state index contributed by atoms with van der Waals surface area (Å²) in [5.41, 5.74) is 7.45. The van der Waals surface area contributed by atoms with E-state index in [0.717, 1.165) is 29.2 Å². The standard InChI is InChI=1S/C17H21NO3/c18-15-4-8-17(9-5-15)21-13-1-12-20-16-6-2-14(3-7-16)10-11-19/h2-9,19H,1,10-13,18H2. The Morgan fingerprint density at radius 1 is 0.810 bits per heavy atom. The Balaban J connectivity index is 1.64. The molecular formula is C17H21NO3. The third-order valence-electron chi connectivity index (χ3n) is 3.03. The number of aliphatic hydroxyl groups excluding tert-OH is 1. The van der Waals surface area contributed by atoms with Crippen molar-refractivity contribution in [2.45, 2.75) is 12.8 Å². The molecule has 0 saturated heterocycles. The molecule has 2 rings (SSSR count). The lowest BCUT2D eigenvalue weighted by Gasteiger charge is -2.08. The van der Waals surface area contributed by atoms with E-state index in [4.69, 9.17) is 20.3 Å². The molecule has 2 aromatic rings. The first-order chi connectivity index (χ1) is 10.3. The maximum Gasteiger partial charge on any atom is 0.119 e. The smallest absolute Gasteiger partial charge is 0.119 e.